The molecule has 3 aromatic rings. The molecule has 1 aromatic heterocycles. The second kappa shape index (κ2) is 8.21. The average Bonchev–Trinajstić information content (AvgIpc) is 3.05. The van der Waals surface area contributed by atoms with Crippen molar-refractivity contribution >= 4 is 23.2 Å². The fraction of sp³-hybridized carbons (Fsp3) is 0.190. The molecular formula is C21H21ClN2O2. The molecule has 1 heterocycles. The van der Waals surface area contributed by atoms with E-state index in [0.717, 1.165) is 28.3 Å². The second-order valence-electron chi connectivity index (χ2n) is 6.31. The SMILES string of the molecule is Cc1ccccc1NC(=O)CN(C)Cc1ccc(-c2ccc(Cl)cc2)o1. The summed E-state index contributed by atoms with van der Waals surface area (Å²) >= 11 is 5.91. The number of para-hydroxylation sites is 1. The highest BCUT2D eigenvalue weighted by Crippen LogP contribution is 2.24. The molecule has 1 N–H and O–H groups in total. The minimum absolute atomic E-state index is 0.0497. The van der Waals surface area contributed by atoms with Gasteiger partial charge in [-0.05, 0) is 62.0 Å². The molecule has 0 atom stereocenters. The number of halogens is 1. The number of furan rings is 1. The van der Waals surface area contributed by atoms with Crippen molar-refractivity contribution in [1.29, 1.82) is 0 Å². The first-order valence-electron chi connectivity index (χ1n) is 8.40. The van der Waals surface area contributed by atoms with Crippen molar-refractivity contribution in [3.63, 3.8) is 0 Å². The minimum atomic E-state index is -0.0497. The predicted octanol–water partition coefficient (Wildman–Crippen LogP) is 4.98. The predicted molar refractivity (Wildman–Crippen MR) is 105 cm³/mol. The number of rotatable bonds is 6. The number of amides is 1. The first-order chi connectivity index (χ1) is 12.5. The van der Waals surface area contributed by atoms with Gasteiger partial charge < -0.3 is 9.73 Å². The molecule has 134 valence electrons. The summed E-state index contributed by atoms with van der Waals surface area (Å²) in [6.45, 7) is 2.81. The molecule has 0 unspecified atom stereocenters. The number of hydrogen-bond donors (Lipinski definition) is 1. The number of carbonyl (C=O) groups excluding carboxylic acids is 1. The Bertz CT molecular complexity index is 887. The van der Waals surface area contributed by atoms with E-state index < -0.39 is 0 Å². The summed E-state index contributed by atoms with van der Waals surface area (Å²) in [6.07, 6.45) is 0. The molecule has 0 aliphatic heterocycles. The maximum absolute atomic E-state index is 12.2. The molecule has 3 rings (SSSR count). The average molecular weight is 369 g/mol. The smallest absolute Gasteiger partial charge is 0.238 e. The van der Waals surface area contributed by atoms with E-state index in [1.165, 1.54) is 0 Å². The maximum Gasteiger partial charge on any atom is 0.238 e. The third-order valence-corrected chi connectivity index (χ3v) is 4.30. The summed E-state index contributed by atoms with van der Waals surface area (Å²) in [4.78, 5) is 14.1. The van der Waals surface area contributed by atoms with Gasteiger partial charge in [0.1, 0.15) is 11.5 Å². The van der Waals surface area contributed by atoms with E-state index in [4.69, 9.17) is 16.0 Å². The highest BCUT2D eigenvalue weighted by atomic mass is 35.5. The Morgan fingerprint density at radius 1 is 1.08 bits per heavy atom. The van der Waals surface area contributed by atoms with Gasteiger partial charge in [0.05, 0.1) is 13.1 Å². The van der Waals surface area contributed by atoms with E-state index in [1.54, 1.807) is 0 Å². The van der Waals surface area contributed by atoms with Crippen LogP contribution in [0, 0.1) is 6.92 Å². The monoisotopic (exact) mass is 368 g/mol. The number of aryl methyl sites for hydroxylation is 1. The summed E-state index contributed by atoms with van der Waals surface area (Å²) in [5.41, 5.74) is 2.86. The van der Waals surface area contributed by atoms with Crippen LogP contribution in [0.1, 0.15) is 11.3 Å². The summed E-state index contributed by atoms with van der Waals surface area (Å²) in [5.74, 6) is 1.54. The molecule has 0 fully saturated rings. The van der Waals surface area contributed by atoms with Crippen molar-refractivity contribution in [3.05, 3.63) is 77.0 Å². The van der Waals surface area contributed by atoms with E-state index in [0.29, 0.717) is 11.6 Å². The normalized spacial score (nSPS) is 10.9. The van der Waals surface area contributed by atoms with Gasteiger partial charge in [-0.2, -0.15) is 0 Å². The van der Waals surface area contributed by atoms with Crippen LogP contribution in [0.4, 0.5) is 5.69 Å². The van der Waals surface area contributed by atoms with Gasteiger partial charge in [0.2, 0.25) is 5.91 Å². The molecule has 1 amide bonds. The Kier molecular flexibility index (Phi) is 5.76. The van der Waals surface area contributed by atoms with Crippen LogP contribution in [-0.2, 0) is 11.3 Å². The lowest BCUT2D eigenvalue weighted by Crippen LogP contribution is -2.29. The Morgan fingerprint density at radius 3 is 2.54 bits per heavy atom. The fourth-order valence-electron chi connectivity index (χ4n) is 2.70. The Morgan fingerprint density at radius 2 is 1.81 bits per heavy atom. The maximum atomic E-state index is 12.2. The topological polar surface area (TPSA) is 45.5 Å². The zero-order valence-electron chi connectivity index (χ0n) is 14.8. The molecule has 0 aliphatic carbocycles. The molecule has 0 radical (unpaired) electrons. The largest absolute Gasteiger partial charge is 0.460 e. The summed E-state index contributed by atoms with van der Waals surface area (Å²) in [7, 11) is 1.89. The zero-order chi connectivity index (χ0) is 18.5. The first-order valence-corrected chi connectivity index (χ1v) is 8.78. The fourth-order valence-corrected chi connectivity index (χ4v) is 2.83. The number of carbonyl (C=O) groups is 1. The third kappa shape index (κ3) is 4.75. The van der Waals surface area contributed by atoms with E-state index in [1.807, 2.05) is 79.5 Å². The third-order valence-electron chi connectivity index (χ3n) is 4.05. The Labute approximate surface area is 158 Å². The molecule has 0 spiro atoms. The van der Waals surface area contributed by atoms with Crippen LogP contribution in [0.3, 0.4) is 0 Å². The quantitative estimate of drug-likeness (QED) is 0.667. The van der Waals surface area contributed by atoms with Gasteiger partial charge in [0.15, 0.2) is 0 Å². The lowest BCUT2D eigenvalue weighted by atomic mass is 10.2. The number of anilines is 1. The van der Waals surface area contributed by atoms with Crippen molar-refractivity contribution in [1.82, 2.24) is 4.90 Å². The van der Waals surface area contributed by atoms with Crippen molar-refractivity contribution in [2.45, 2.75) is 13.5 Å². The van der Waals surface area contributed by atoms with Crippen LogP contribution >= 0.6 is 11.6 Å². The summed E-state index contributed by atoms with van der Waals surface area (Å²) in [6, 6.07) is 19.1. The van der Waals surface area contributed by atoms with Gasteiger partial charge in [-0.1, -0.05) is 29.8 Å². The standard InChI is InChI=1S/C21H21ClN2O2/c1-15-5-3-4-6-19(15)23-21(25)14-24(2)13-18-11-12-20(26-18)16-7-9-17(22)10-8-16/h3-12H,13-14H2,1-2H3,(H,23,25). The van der Waals surface area contributed by atoms with Crippen molar-refractivity contribution in [3.8, 4) is 11.3 Å². The number of likely N-dealkylation sites (N-methyl/N-ethyl adjacent to an activating group) is 1. The molecule has 26 heavy (non-hydrogen) atoms. The number of hydrogen-bond acceptors (Lipinski definition) is 3. The molecule has 0 saturated heterocycles. The zero-order valence-corrected chi connectivity index (χ0v) is 15.6. The number of benzene rings is 2. The molecule has 2 aromatic carbocycles. The Balaban J connectivity index is 1.56. The van der Waals surface area contributed by atoms with E-state index in [9.17, 15) is 4.79 Å². The second-order valence-corrected chi connectivity index (χ2v) is 6.74. The van der Waals surface area contributed by atoms with Crippen molar-refractivity contribution in [2.75, 3.05) is 18.9 Å². The van der Waals surface area contributed by atoms with Gasteiger partial charge in [-0.15, -0.1) is 0 Å². The van der Waals surface area contributed by atoms with Crippen molar-refractivity contribution in [2.24, 2.45) is 0 Å². The summed E-state index contributed by atoms with van der Waals surface area (Å²) in [5, 5.41) is 3.63. The van der Waals surface area contributed by atoms with Gasteiger partial charge >= 0.3 is 0 Å². The van der Waals surface area contributed by atoms with Crippen LogP contribution in [0.15, 0.2) is 65.1 Å². The molecule has 0 aliphatic rings. The highest BCUT2D eigenvalue weighted by Gasteiger charge is 2.11. The van der Waals surface area contributed by atoms with E-state index in [-0.39, 0.29) is 12.5 Å². The van der Waals surface area contributed by atoms with E-state index in [2.05, 4.69) is 5.32 Å². The van der Waals surface area contributed by atoms with Gasteiger partial charge in [0, 0.05) is 16.3 Å². The highest BCUT2D eigenvalue weighted by molar-refractivity contribution is 6.30. The molecule has 0 bridgehead atoms. The van der Waals surface area contributed by atoms with Crippen LogP contribution < -0.4 is 5.32 Å². The molecule has 0 saturated carbocycles. The lowest BCUT2D eigenvalue weighted by Gasteiger charge is -2.15. The van der Waals surface area contributed by atoms with Crippen LogP contribution in [0.2, 0.25) is 5.02 Å². The molecule has 5 heteroatoms. The number of nitrogens with zero attached hydrogens (tertiary/aromatic N) is 1. The Hall–Kier alpha value is -2.56. The van der Waals surface area contributed by atoms with Gasteiger partial charge in [-0.25, -0.2) is 0 Å². The minimum Gasteiger partial charge on any atom is -0.460 e. The lowest BCUT2D eigenvalue weighted by molar-refractivity contribution is -0.117. The first kappa shape index (κ1) is 18.2. The molecular weight excluding hydrogens is 348 g/mol. The van der Waals surface area contributed by atoms with Crippen LogP contribution in [0.5, 0.6) is 0 Å². The molecule has 4 nitrogen and oxygen atoms in total. The van der Waals surface area contributed by atoms with E-state index >= 15 is 0 Å². The number of nitrogens with one attached hydrogen (secondary N) is 1. The van der Waals surface area contributed by atoms with Crippen molar-refractivity contribution < 1.29 is 9.21 Å². The van der Waals surface area contributed by atoms with Gasteiger partial charge in [-0.3, -0.25) is 9.69 Å². The van der Waals surface area contributed by atoms with Gasteiger partial charge in [0.25, 0.3) is 0 Å². The summed E-state index contributed by atoms with van der Waals surface area (Å²) < 4.78 is 5.88. The van der Waals surface area contributed by atoms with Crippen LogP contribution in [0.25, 0.3) is 11.3 Å². The van der Waals surface area contributed by atoms with Crippen LogP contribution in [-0.4, -0.2) is 24.4 Å².